The molecule has 8 heteroatoms. The maximum Gasteiger partial charge on any atom is 0.245 e. The SMILES string of the molecule is CCCCCC(N)CC(=O)N[C@H](C(=O)N[C@@H](CCN)C(=O)C(C)C)C(C)O. The van der Waals surface area contributed by atoms with Crippen LogP contribution in [0.4, 0.5) is 0 Å². The average Bonchev–Trinajstić information content (AvgIpc) is 2.58. The highest BCUT2D eigenvalue weighted by atomic mass is 16.3. The number of unbranched alkanes of at least 4 members (excludes halogenated alkanes) is 2. The Bertz CT molecular complexity index is 469. The van der Waals surface area contributed by atoms with Crippen molar-refractivity contribution < 1.29 is 19.5 Å². The number of amides is 2. The number of ketones is 1. The number of hydrogen-bond acceptors (Lipinski definition) is 6. The average molecular weight is 387 g/mol. The van der Waals surface area contributed by atoms with E-state index in [1.54, 1.807) is 13.8 Å². The highest BCUT2D eigenvalue weighted by Gasteiger charge is 2.30. The summed E-state index contributed by atoms with van der Waals surface area (Å²) in [4.78, 5) is 36.9. The van der Waals surface area contributed by atoms with Crippen molar-refractivity contribution in [3.05, 3.63) is 0 Å². The van der Waals surface area contributed by atoms with Crippen LogP contribution in [0.2, 0.25) is 0 Å². The third-order valence-corrected chi connectivity index (χ3v) is 4.39. The molecule has 0 aromatic carbocycles. The molecule has 0 fully saturated rings. The van der Waals surface area contributed by atoms with Gasteiger partial charge in [0.05, 0.1) is 12.1 Å². The first kappa shape index (κ1) is 25.5. The van der Waals surface area contributed by atoms with Crippen molar-refractivity contribution in [3.63, 3.8) is 0 Å². The van der Waals surface area contributed by atoms with Crippen molar-refractivity contribution in [2.75, 3.05) is 6.54 Å². The second kappa shape index (κ2) is 13.6. The van der Waals surface area contributed by atoms with Gasteiger partial charge in [0.25, 0.3) is 0 Å². The fraction of sp³-hybridized carbons (Fsp3) is 0.842. The number of hydrogen-bond donors (Lipinski definition) is 5. The van der Waals surface area contributed by atoms with E-state index in [1.807, 2.05) is 0 Å². The standard InChI is InChI=1S/C19H38N4O4/c1-5-6-7-8-14(21)11-16(25)23-17(13(4)24)19(27)22-15(9-10-20)18(26)12(2)3/h12-15,17,24H,5-11,20-21H2,1-4H3,(H,22,27)(H,23,25)/t13?,14?,15-,17-/m0/s1. The summed E-state index contributed by atoms with van der Waals surface area (Å²) in [6.45, 7) is 7.22. The Kier molecular flexibility index (Phi) is 12.9. The number of carbonyl (C=O) groups excluding carboxylic acids is 3. The van der Waals surface area contributed by atoms with Gasteiger partial charge >= 0.3 is 0 Å². The van der Waals surface area contributed by atoms with Gasteiger partial charge in [-0.15, -0.1) is 0 Å². The smallest absolute Gasteiger partial charge is 0.245 e. The molecule has 0 aliphatic heterocycles. The van der Waals surface area contributed by atoms with E-state index >= 15 is 0 Å². The molecule has 158 valence electrons. The predicted molar refractivity (Wildman–Crippen MR) is 106 cm³/mol. The molecule has 0 aliphatic rings. The summed E-state index contributed by atoms with van der Waals surface area (Å²) >= 11 is 0. The molecule has 0 saturated carbocycles. The molecule has 2 amide bonds. The van der Waals surface area contributed by atoms with Crippen LogP contribution in [-0.4, -0.2) is 53.5 Å². The van der Waals surface area contributed by atoms with Crippen molar-refractivity contribution in [2.24, 2.45) is 17.4 Å². The molecular formula is C19H38N4O4. The topological polar surface area (TPSA) is 148 Å². The molecule has 0 saturated heterocycles. The molecule has 8 nitrogen and oxygen atoms in total. The number of nitrogens with one attached hydrogen (secondary N) is 2. The van der Waals surface area contributed by atoms with E-state index in [9.17, 15) is 19.5 Å². The quantitative estimate of drug-likeness (QED) is 0.270. The van der Waals surface area contributed by atoms with Crippen molar-refractivity contribution >= 4 is 17.6 Å². The Balaban J connectivity index is 4.82. The third-order valence-electron chi connectivity index (χ3n) is 4.39. The zero-order valence-electron chi connectivity index (χ0n) is 17.2. The van der Waals surface area contributed by atoms with Gasteiger partial charge in [-0.2, -0.15) is 0 Å². The number of aliphatic hydroxyl groups is 1. The summed E-state index contributed by atoms with van der Waals surface area (Å²) in [5.41, 5.74) is 11.5. The number of nitrogens with two attached hydrogens (primary N) is 2. The van der Waals surface area contributed by atoms with Crippen LogP contribution in [-0.2, 0) is 14.4 Å². The lowest BCUT2D eigenvalue weighted by Crippen LogP contribution is -2.56. The lowest BCUT2D eigenvalue weighted by atomic mass is 9.98. The summed E-state index contributed by atoms with van der Waals surface area (Å²) in [7, 11) is 0. The minimum atomic E-state index is -1.15. The second-order valence-corrected chi connectivity index (χ2v) is 7.44. The van der Waals surface area contributed by atoms with Gasteiger partial charge in [-0.1, -0.05) is 40.0 Å². The van der Waals surface area contributed by atoms with Crippen LogP contribution in [0.15, 0.2) is 0 Å². The molecule has 0 aromatic rings. The number of aliphatic hydroxyl groups excluding tert-OH is 1. The fourth-order valence-electron chi connectivity index (χ4n) is 2.75. The molecule has 2 unspecified atom stereocenters. The van der Waals surface area contributed by atoms with Crippen LogP contribution in [0, 0.1) is 5.92 Å². The maximum absolute atomic E-state index is 12.5. The third kappa shape index (κ3) is 10.4. The second-order valence-electron chi connectivity index (χ2n) is 7.44. The lowest BCUT2D eigenvalue weighted by molar-refractivity contribution is -0.134. The Morgan fingerprint density at radius 2 is 1.67 bits per heavy atom. The summed E-state index contributed by atoms with van der Waals surface area (Å²) in [6, 6.07) is -2.18. The van der Waals surface area contributed by atoms with Gasteiger partial charge in [0, 0.05) is 18.4 Å². The Morgan fingerprint density at radius 3 is 2.15 bits per heavy atom. The largest absolute Gasteiger partial charge is 0.391 e. The Hall–Kier alpha value is -1.51. The van der Waals surface area contributed by atoms with Crippen molar-refractivity contribution in [1.29, 1.82) is 0 Å². The van der Waals surface area contributed by atoms with Crippen molar-refractivity contribution in [3.8, 4) is 0 Å². The van der Waals surface area contributed by atoms with Crippen molar-refractivity contribution in [2.45, 2.75) is 90.4 Å². The van der Waals surface area contributed by atoms with Crippen LogP contribution in [0.25, 0.3) is 0 Å². The molecule has 0 aromatic heterocycles. The van der Waals surface area contributed by atoms with Crippen LogP contribution in [0.5, 0.6) is 0 Å². The van der Waals surface area contributed by atoms with Gasteiger partial charge in [0.2, 0.25) is 11.8 Å². The molecule has 0 spiro atoms. The molecule has 27 heavy (non-hydrogen) atoms. The van der Waals surface area contributed by atoms with Gasteiger partial charge in [-0.25, -0.2) is 0 Å². The molecule has 0 radical (unpaired) electrons. The summed E-state index contributed by atoms with van der Waals surface area (Å²) in [6.07, 6.45) is 3.07. The van der Waals surface area contributed by atoms with E-state index < -0.39 is 30.0 Å². The van der Waals surface area contributed by atoms with E-state index in [1.165, 1.54) is 6.92 Å². The van der Waals surface area contributed by atoms with Gasteiger partial charge in [-0.3, -0.25) is 14.4 Å². The van der Waals surface area contributed by atoms with Gasteiger partial charge < -0.3 is 27.2 Å². The Labute approximate surface area is 162 Å². The number of rotatable bonds is 14. The van der Waals surface area contributed by atoms with Crippen molar-refractivity contribution in [1.82, 2.24) is 10.6 Å². The molecule has 0 aliphatic carbocycles. The molecule has 7 N–H and O–H groups in total. The molecule has 0 bridgehead atoms. The van der Waals surface area contributed by atoms with E-state index in [-0.39, 0.29) is 30.7 Å². The normalized spacial score (nSPS) is 15.7. The minimum Gasteiger partial charge on any atom is -0.391 e. The van der Waals surface area contributed by atoms with E-state index in [0.29, 0.717) is 6.42 Å². The first-order valence-electron chi connectivity index (χ1n) is 9.91. The predicted octanol–water partition coefficient (Wildman–Crippen LogP) is 0.208. The number of Topliss-reactive ketones (excluding diaryl/α,β-unsaturated/α-hetero) is 1. The lowest BCUT2D eigenvalue weighted by Gasteiger charge is -2.25. The molecular weight excluding hydrogens is 348 g/mol. The maximum atomic E-state index is 12.5. The zero-order chi connectivity index (χ0) is 21.0. The molecule has 4 atom stereocenters. The van der Waals surface area contributed by atoms with Crippen LogP contribution >= 0.6 is 0 Å². The monoisotopic (exact) mass is 386 g/mol. The fourth-order valence-corrected chi connectivity index (χ4v) is 2.75. The zero-order valence-corrected chi connectivity index (χ0v) is 17.2. The van der Waals surface area contributed by atoms with Crippen LogP contribution < -0.4 is 22.1 Å². The summed E-state index contributed by atoms with van der Waals surface area (Å²) in [5.74, 6) is -1.40. The highest BCUT2D eigenvalue weighted by molar-refractivity contribution is 5.93. The van der Waals surface area contributed by atoms with Gasteiger partial charge in [0.15, 0.2) is 5.78 Å². The van der Waals surface area contributed by atoms with Gasteiger partial charge in [-0.05, 0) is 26.3 Å². The summed E-state index contributed by atoms with van der Waals surface area (Å²) < 4.78 is 0. The van der Waals surface area contributed by atoms with E-state index in [0.717, 1.165) is 25.7 Å². The summed E-state index contributed by atoms with van der Waals surface area (Å²) in [5, 5.41) is 15.0. The van der Waals surface area contributed by atoms with Crippen LogP contribution in [0.3, 0.4) is 0 Å². The molecule has 0 heterocycles. The van der Waals surface area contributed by atoms with Gasteiger partial charge in [0.1, 0.15) is 6.04 Å². The number of carbonyl (C=O) groups is 3. The first-order chi connectivity index (χ1) is 12.6. The first-order valence-corrected chi connectivity index (χ1v) is 9.91. The van der Waals surface area contributed by atoms with Crippen LogP contribution in [0.1, 0.15) is 66.2 Å². The minimum absolute atomic E-state index is 0.0807. The van der Waals surface area contributed by atoms with E-state index in [4.69, 9.17) is 11.5 Å². The van der Waals surface area contributed by atoms with E-state index in [2.05, 4.69) is 17.6 Å². The molecule has 0 rings (SSSR count). The highest BCUT2D eigenvalue weighted by Crippen LogP contribution is 2.07. The Morgan fingerprint density at radius 1 is 1.04 bits per heavy atom.